The van der Waals surface area contributed by atoms with Crippen molar-refractivity contribution in [2.45, 2.75) is 181 Å². The number of hydrogen-bond acceptors (Lipinski definition) is 4. The minimum Gasteiger partial charge on any atom is -0.462 e. The van der Waals surface area contributed by atoms with E-state index in [0.29, 0.717) is 12.5 Å². The van der Waals surface area contributed by atoms with Crippen LogP contribution < -0.4 is 0 Å². The molecular formula is C32H65NO3. The van der Waals surface area contributed by atoms with Crippen LogP contribution in [0.4, 0.5) is 0 Å². The molecule has 0 saturated carbocycles. The topological polar surface area (TPSA) is 49.8 Å². The quantitative estimate of drug-likeness (QED) is 0.0840. The van der Waals surface area contributed by atoms with Crippen molar-refractivity contribution >= 4 is 5.97 Å². The Morgan fingerprint density at radius 1 is 0.639 bits per heavy atom. The van der Waals surface area contributed by atoms with Crippen LogP contribution in [0, 0.1) is 0 Å². The van der Waals surface area contributed by atoms with E-state index in [1.165, 1.54) is 96.3 Å². The lowest BCUT2D eigenvalue weighted by Crippen LogP contribution is -2.35. The number of unbranched alkanes of at least 4 members (excludes halogenated alkanes) is 14. The molecule has 0 bridgehead atoms. The van der Waals surface area contributed by atoms with Crippen molar-refractivity contribution in [3.05, 3.63) is 0 Å². The summed E-state index contributed by atoms with van der Waals surface area (Å²) in [7, 11) is 0. The summed E-state index contributed by atoms with van der Waals surface area (Å²) in [5.41, 5.74) is 0. The summed E-state index contributed by atoms with van der Waals surface area (Å²) in [5.74, 6) is 0.0161. The molecule has 1 N–H and O–H groups in total. The van der Waals surface area contributed by atoms with E-state index >= 15 is 0 Å². The normalized spacial score (nSPS) is 13.3. The minimum absolute atomic E-state index is 0.0161. The highest BCUT2D eigenvalue weighted by atomic mass is 16.5. The zero-order valence-corrected chi connectivity index (χ0v) is 25.0. The second-order valence-electron chi connectivity index (χ2n) is 11.1. The summed E-state index contributed by atoms with van der Waals surface area (Å²) in [6.45, 7) is 11.5. The molecule has 0 aromatic heterocycles. The first kappa shape index (κ1) is 35.4. The molecule has 0 fully saturated rings. The molecule has 36 heavy (non-hydrogen) atoms. The maximum absolute atomic E-state index is 12.4. The van der Waals surface area contributed by atoms with Crippen LogP contribution >= 0.6 is 0 Å². The highest BCUT2D eigenvalue weighted by Gasteiger charge is 2.14. The highest BCUT2D eigenvalue weighted by molar-refractivity contribution is 5.69. The van der Waals surface area contributed by atoms with Gasteiger partial charge in [-0.2, -0.15) is 0 Å². The molecule has 0 aromatic rings. The van der Waals surface area contributed by atoms with Crippen molar-refractivity contribution in [1.82, 2.24) is 4.90 Å². The third kappa shape index (κ3) is 22.6. The van der Waals surface area contributed by atoms with Gasteiger partial charge >= 0.3 is 5.97 Å². The van der Waals surface area contributed by atoms with E-state index < -0.39 is 0 Å². The van der Waals surface area contributed by atoms with Crippen molar-refractivity contribution in [1.29, 1.82) is 0 Å². The average molecular weight is 512 g/mol. The zero-order chi connectivity index (χ0) is 26.7. The molecular weight excluding hydrogens is 446 g/mol. The SMILES string of the molecule is CCCCCCCCC(CCC)OC(=O)CCCCCCCN(CCCCCCCC)C(C)CCO. The van der Waals surface area contributed by atoms with Gasteiger partial charge in [0.05, 0.1) is 0 Å². The standard InChI is InChI=1S/C32H65NO3/c1-5-8-10-12-15-19-24-31(23-7-3)36-32(35)25-20-16-14-18-22-28-33(30(4)26-29-34)27-21-17-13-11-9-6-2/h30-31,34H,5-29H2,1-4H3. The van der Waals surface area contributed by atoms with Crippen molar-refractivity contribution in [3.8, 4) is 0 Å². The van der Waals surface area contributed by atoms with E-state index in [9.17, 15) is 9.90 Å². The van der Waals surface area contributed by atoms with Crippen molar-refractivity contribution < 1.29 is 14.6 Å². The number of ether oxygens (including phenoxy) is 1. The second kappa shape index (κ2) is 27.4. The summed E-state index contributed by atoms with van der Waals surface area (Å²) >= 11 is 0. The molecule has 2 atom stereocenters. The Bertz CT molecular complexity index is 457. The van der Waals surface area contributed by atoms with E-state index in [1.54, 1.807) is 0 Å². The molecule has 0 saturated heterocycles. The van der Waals surface area contributed by atoms with Gasteiger partial charge < -0.3 is 14.7 Å². The Hall–Kier alpha value is -0.610. The third-order valence-corrected chi connectivity index (χ3v) is 7.58. The summed E-state index contributed by atoms with van der Waals surface area (Å²) < 4.78 is 5.83. The van der Waals surface area contributed by atoms with Gasteiger partial charge in [-0.1, -0.05) is 111 Å². The average Bonchev–Trinajstić information content (AvgIpc) is 2.86. The predicted molar refractivity (Wildman–Crippen MR) is 157 cm³/mol. The fourth-order valence-electron chi connectivity index (χ4n) is 5.11. The van der Waals surface area contributed by atoms with Gasteiger partial charge in [-0.15, -0.1) is 0 Å². The zero-order valence-electron chi connectivity index (χ0n) is 25.0. The molecule has 0 heterocycles. The molecule has 4 nitrogen and oxygen atoms in total. The summed E-state index contributed by atoms with van der Waals surface area (Å²) in [4.78, 5) is 14.9. The Morgan fingerprint density at radius 3 is 1.67 bits per heavy atom. The van der Waals surface area contributed by atoms with E-state index in [-0.39, 0.29) is 18.7 Å². The van der Waals surface area contributed by atoms with Gasteiger partial charge in [-0.25, -0.2) is 0 Å². The largest absolute Gasteiger partial charge is 0.462 e. The van der Waals surface area contributed by atoms with E-state index in [2.05, 4.69) is 32.6 Å². The number of carbonyl (C=O) groups excluding carboxylic acids is 1. The fraction of sp³-hybridized carbons (Fsp3) is 0.969. The highest BCUT2D eigenvalue weighted by Crippen LogP contribution is 2.16. The molecule has 216 valence electrons. The molecule has 0 aliphatic carbocycles. The number of esters is 1. The summed E-state index contributed by atoms with van der Waals surface area (Å²) in [5, 5.41) is 9.37. The summed E-state index contributed by atoms with van der Waals surface area (Å²) in [6.07, 6.45) is 26.2. The molecule has 0 aliphatic heterocycles. The van der Waals surface area contributed by atoms with Crippen LogP contribution in [-0.2, 0) is 9.53 Å². The number of hydrogen-bond donors (Lipinski definition) is 1. The van der Waals surface area contributed by atoms with E-state index in [1.807, 2.05) is 0 Å². The molecule has 0 aliphatic rings. The molecule has 0 amide bonds. The molecule has 0 aromatic carbocycles. The minimum atomic E-state index is 0.0161. The molecule has 0 rings (SSSR count). The first-order chi connectivity index (χ1) is 17.6. The van der Waals surface area contributed by atoms with Crippen molar-refractivity contribution in [2.75, 3.05) is 19.7 Å². The van der Waals surface area contributed by atoms with Gasteiger partial charge in [0.15, 0.2) is 0 Å². The van der Waals surface area contributed by atoms with Crippen LogP contribution in [0.1, 0.15) is 169 Å². The Balaban J connectivity index is 3.97. The van der Waals surface area contributed by atoms with Crippen molar-refractivity contribution in [2.24, 2.45) is 0 Å². The lowest BCUT2D eigenvalue weighted by molar-refractivity contribution is -0.150. The number of aliphatic hydroxyl groups is 1. The maximum atomic E-state index is 12.4. The van der Waals surface area contributed by atoms with Gasteiger partial charge in [0, 0.05) is 19.1 Å². The summed E-state index contributed by atoms with van der Waals surface area (Å²) in [6, 6.07) is 0.466. The smallest absolute Gasteiger partial charge is 0.306 e. The Morgan fingerprint density at radius 2 is 1.14 bits per heavy atom. The third-order valence-electron chi connectivity index (χ3n) is 7.58. The number of rotatable bonds is 28. The predicted octanol–water partition coefficient (Wildman–Crippen LogP) is 9.22. The van der Waals surface area contributed by atoms with Crippen molar-refractivity contribution in [3.63, 3.8) is 0 Å². The molecule has 0 spiro atoms. The number of nitrogens with zero attached hydrogens (tertiary/aromatic N) is 1. The monoisotopic (exact) mass is 511 g/mol. The van der Waals surface area contributed by atoms with Gasteiger partial charge in [0.25, 0.3) is 0 Å². The van der Waals surface area contributed by atoms with Crippen LogP contribution in [0.15, 0.2) is 0 Å². The molecule has 4 heteroatoms. The lowest BCUT2D eigenvalue weighted by Gasteiger charge is -2.29. The van der Waals surface area contributed by atoms with Crippen LogP contribution in [0.3, 0.4) is 0 Å². The lowest BCUT2D eigenvalue weighted by atomic mass is 10.0. The maximum Gasteiger partial charge on any atom is 0.306 e. The van der Waals surface area contributed by atoms with Gasteiger partial charge in [-0.05, 0) is 65.0 Å². The van der Waals surface area contributed by atoms with Crippen LogP contribution in [0.25, 0.3) is 0 Å². The van der Waals surface area contributed by atoms with Crippen LogP contribution in [0.5, 0.6) is 0 Å². The van der Waals surface area contributed by atoms with E-state index in [0.717, 1.165) is 51.6 Å². The Labute approximate surface area is 226 Å². The van der Waals surface area contributed by atoms with Gasteiger partial charge in [0.1, 0.15) is 6.10 Å². The first-order valence-corrected chi connectivity index (χ1v) is 16.1. The van der Waals surface area contributed by atoms with Crippen LogP contribution in [-0.4, -0.2) is 47.8 Å². The fourth-order valence-corrected chi connectivity index (χ4v) is 5.11. The first-order valence-electron chi connectivity index (χ1n) is 16.1. The second-order valence-corrected chi connectivity index (χ2v) is 11.1. The van der Waals surface area contributed by atoms with E-state index in [4.69, 9.17) is 4.74 Å². The Kier molecular flexibility index (Phi) is 27.0. The number of carbonyl (C=O) groups is 1. The molecule has 2 unspecified atom stereocenters. The van der Waals surface area contributed by atoms with Gasteiger partial charge in [-0.3, -0.25) is 4.79 Å². The van der Waals surface area contributed by atoms with Crippen LogP contribution in [0.2, 0.25) is 0 Å². The molecule has 0 radical (unpaired) electrons. The van der Waals surface area contributed by atoms with Gasteiger partial charge in [0.2, 0.25) is 0 Å². The number of aliphatic hydroxyl groups excluding tert-OH is 1.